The minimum absolute atomic E-state index is 0.0420. The summed E-state index contributed by atoms with van der Waals surface area (Å²) in [4.78, 5) is 27.6. The average Bonchev–Trinajstić information content (AvgIpc) is 2.81. The van der Waals surface area contributed by atoms with Gasteiger partial charge < -0.3 is 26.2 Å². The number of ketones is 1. The molecule has 36 heavy (non-hydrogen) atoms. The first kappa shape index (κ1) is 24.1. The smallest absolute Gasteiger partial charge is 0.248 e. The van der Waals surface area contributed by atoms with Crippen molar-refractivity contribution in [1.82, 2.24) is 4.90 Å². The van der Waals surface area contributed by atoms with Gasteiger partial charge in [0.1, 0.15) is 22.9 Å². The average molecular weight is 491 g/mol. The summed E-state index contributed by atoms with van der Waals surface area (Å²) in [5, 5.41) is 44.7. The van der Waals surface area contributed by atoms with Gasteiger partial charge in [-0.3, -0.25) is 14.5 Å². The summed E-state index contributed by atoms with van der Waals surface area (Å²) in [6.45, 7) is 1.99. The van der Waals surface area contributed by atoms with E-state index in [-0.39, 0.29) is 40.4 Å². The Balaban J connectivity index is 1.68. The van der Waals surface area contributed by atoms with Crippen molar-refractivity contribution in [2.75, 3.05) is 14.1 Å². The summed E-state index contributed by atoms with van der Waals surface area (Å²) in [6, 6.07) is 10.4. The molecule has 2 aromatic carbocycles. The zero-order valence-electron chi connectivity index (χ0n) is 20.4. The van der Waals surface area contributed by atoms with Gasteiger partial charge in [0.25, 0.3) is 0 Å². The van der Waals surface area contributed by atoms with Crippen LogP contribution in [0.15, 0.2) is 53.3 Å². The van der Waals surface area contributed by atoms with Crippen molar-refractivity contribution in [3.8, 4) is 16.9 Å². The van der Waals surface area contributed by atoms with Crippen molar-refractivity contribution >= 4 is 17.4 Å². The molecular weight excluding hydrogens is 460 g/mol. The van der Waals surface area contributed by atoms with Gasteiger partial charge in [0, 0.05) is 17.9 Å². The van der Waals surface area contributed by atoms with Crippen LogP contribution in [0, 0.1) is 18.8 Å². The molecule has 0 aromatic heterocycles. The maximum atomic E-state index is 13.9. The normalized spacial score (nSPS) is 27.6. The van der Waals surface area contributed by atoms with Crippen LogP contribution in [-0.2, 0) is 16.0 Å². The van der Waals surface area contributed by atoms with Crippen molar-refractivity contribution in [1.29, 1.82) is 0 Å². The molecule has 3 aliphatic carbocycles. The fourth-order valence-electron chi connectivity index (χ4n) is 6.34. The fourth-order valence-corrected chi connectivity index (χ4v) is 6.34. The zero-order chi connectivity index (χ0) is 26.1. The van der Waals surface area contributed by atoms with Gasteiger partial charge in [-0.25, -0.2) is 0 Å². The number of phenolic OH excluding ortho intramolecular Hbond substituents is 1. The number of benzene rings is 2. The van der Waals surface area contributed by atoms with Gasteiger partial charge in [0.05, 0.1) is 17.2 Å². The van der Waals surface area contributed by atoms with Crippen LogP contribution < -0.4 is 5.73 Å². The molecular formula is C28H30N2O6. The summed E-state index contributed by atoms with van der Waals surface area (Å²) in [6.07, 6.45) is 0.203. The maximum absolute atomic E-state index is 13.9. The maximum Gasteiger partial charge on any atom is 0.248 e. The Morgan fingerprint density at radius 2 is 1.75 bits per heavy atom. The molecule has 0 aliphatic heterocycles. The number of hydrogen-bond acceptors (Lipinski definition) is 7. The molecule has 188 valence electrons. The third kappa shape index (κ3) is 3.36. The van der Waals surface area contributed by atoms with Crippen molar-refractivity contribution in [2.24, 2.45) is 17.6 Å². The number of fused-ring (bicyclic) bond motifs is 3. The molecule has 3 aliphatic rings. The van der Waals surface area contributed by atoms with Gasteiger partial charge in [-0.05, 0) is 62.5 Å². The van der Waals surface area contributed by atoms with Crippen LogP contribution in [0.1, 0.15) is 29.5 Å². The molecule has 1 amide bonds. The van der Waals surface area contributed by atoms with Gasteiger partial charge in [-0.1, -0.05) is 35.9 Å². The molecule has 0 heterocycles. The number of hydrogen-bond donors (Lipinski definition) is 5. The molecule has 8 heteroatoms. The number of nitrogens with two attached hydrogens (primary N) is 1. The molecule has 0 saturated heterocycles. The topological polar surface area (TPSA) is 144 Å². The molecule has 8 nitrogen and oxygen atoms in total. The largest absolute Gasteiger partial charge is 0.510 e. The van der Waals surface area contributed by atoms with Crippen LogP contribution in [0.2, 0.25) is 0 Å². The lowest BCUT2D eigenvalue weighted by molar-refractivity contribution is -0.151. The first-order chi connectivity index (χ1) is 17.0. The number of carbonyl (C=O) groups is 2. The van der Waals surface area contributed by atoms with Crippen LogP contribution in [0.5, 0.6) is 5.75 Å². The number of aromatic hydroxyl groups is 1. The Kier molecular flexibility index (Phi) is 5.50. The molecule has 0 radical (unpaired) electrons. The second-order valence-corrected chi connectivity index (χ2v) is 10.4. The molecule has 6 N–H and O–H groups in total. The van der Waals surface area contributed by atoms with Gasteiger partial charge in [0.2, 0.25) is 5.91 Å². The number of primary amides is 1. The highest BCUT2D eigenvalue weighted by Crippen LogP contribution is 2.53. The highest BCUT2D eigenvalue weighted by atomic mass is 16.3. The van der Waals surface area contributed by atoms with Crippen molar-refractivity contribution < 1.29 is 30.0 Å². The second-order valence-electron chi connectivity index (χ2n) is 10.4. The Morgan fingerprint density at radius 1 is 1.08 bits per heavy atom. The van der Waals surface area contributed by atoms with E-state index in [1.807, 2.05) is 31.2 Å². The second kappa shape index (κ2) is 8.21. The summed E-state index contributed by atoms with van der Waals surface area (Å²) >= 11 is 0. The van der Waals surface area contributed by atoms with E-state index in [2.05, 4.69) is 0 Å². The van der Waals surface area contributed by atoms with E-state index in [0.29, 0.717) is 6.42 Å². The Bertz CT molecular complexity index is 1360. The standard InChI is InChI=1S/C28H30N2O6/c1-13-4-6-14(7-5-13)16-8-9-20(31)22-17(16)10-15-11-19-23(30(2)3)24(32)18(27(29)35)12-28(19,36)26(34)21(15)25(22)33/h4-9,15,19,23,31-33,36H,10-12H2,1-3H3,(H2,29,35). The van der Waals surface area contributed by atoms with Crippen molar-refractivity contribution in [2.45, 2.75) is 37.8 Å². The van der Waals surface area contributed by atoms with E-state index in [9.17, 15) is 30.0 Å². The summed E-state index contributed by atoms with van der Waals surface area (Å²) in [5.41, 5.74) is 7.05. The van der Waals surface area contributed by atoms with E-state index in [0.717, 1.165) is 22.3 Å². The minimum Gasteiger partial charge on any atom is -0.510 e. The lowest BCUT2D eigenvalue weighted by atomic mass is 9.57. The monoisotopic (exact) mass is 490 g/mol. The summed E-state index contributed by atoms with van der Waals surface area (Å²) in [7, 11) is 3.39. The predicted octanol–water partition coefficient (Wildman–Crippen LogP) is 2.76. The Labute approximate surface area is 209 Å². The highest BCUT2D eigenvalue weighted by molar-refractivity contribution is 6.10. The Hall–Kier alpha value is -3.62. The predicted molar refractivity (Wildman–Crippen MR) is 134 cm³/mol. The molecule has 0 bridgehead atoms. The quantitative estimate of drug-likeness (QED) is 0.445. The van der Waals surface area contributed by atoms with Gasteiger partial charge in [-0.15, -0.1) is 0 Å². The van der Waals surface area contributed by atoms with Crippen molar-refractivity contribution in [3.05, 3.63) is 70.0 Å². The van der Waals surface area contributed by atoms with E-state index in [1.165, 1.54) is 6.07 Å². The Morgan fingerprint density at radius 3 is 2.36 bits per heavy atom. The van der Waals surface area contributed by atoms with E-state index in [1.54, 1.807) is 25.1 Å². The van der Waals surface area contributed by atoms with Crippen molar-refractivity contribution in [3.63, 3.8) is 0 Å². The number of amides is 1. The van der Waals surface area contributed by atoms with E-state index >= 15 is 0 Å². The van der Waals surface area contributed by atoms with Crippen LogP contribution in [0.25, 0.3) is 16.9 Å². The van der Waals surface area contributed by atoms with Crippen LogP contribution in [-0.4, -0.2) is 62.8 Å². The number of aliphatic hydroxyl groups is 3. The minimum atomic E-state index is -2.03. The van der Waals surface area contributed by atoms with E-state index in [4.69, 9.17) is 5.73 Å². The molecule has 4 unspecified atom stereocenters. The SMILES string of the molecule is Cc1ccc(-c2ccc(O)c3c2CC2CC4C(N(C)C)C(O)=C(C(N)=O)CC4(O)C(=O)C2=C3O)cc1. The zero-order valence-corrected chi connectivity index (χ0v) is 20.4. The highest BCUT2D eigenvalue weighted by Gasteiger charge is 2.60. The van der Waals surface area contributed by atoms with Crippen LogP contribution in [0.4, 0.5) is 0 Å². The number of carbonyl (C=O) groups excluding carboxylic acids is 2. The molecule has 1 saturated carbocycles. The number of phenols is 1. The number of Topliss-reactive ketones (excluding diaryl/α,β-unsaturated/α-hetero) is 1. The molecule has 4 atom stereocenters. The number of aryl methyl sites for hydroxylation is 1. The number of nitrogens with zero attached hydrogens (tertiary/aromatic N) is 1. The molecule has 5 rings (SSSR count). The summed E-state index contributed by atoms with van der Waals surface area (Å²) in [5.74, 6) is -3.54. The van der Waals surface area contributed by atoms with E-state index < -0.39 is 41.6 Å². The first-order valence-corrected chi connectivity index (χ1v) is 12.0. The molecule has 1 fully saturated rings. The number of likely N-dealkylation sites (N-methyl/N-ethyl adjacent to an activating group) is 1. The third-order valence-electron chi connectivity index (χ3n) is 8.06. The lowest BCUT2D eigenvalue weighted by Crippen LogP contribution is -2.62. The summed E-state index contributed by atoms with van der Waals surface area (Å²) < 4.78 is 0. The molecule has 0 spiro atoms. The van der Waals surface area contributed by atoms with Crippen LogP contribution in [0.3, 0.4) is 0 Å². The number of rotatable bonds is 3. The van der Waals surface area contributed by atoms with Gasteiger partial charge in [-0.2, -0.15) is 0 Å². The fraction of sp³-hybridized carbons (Fsp3) is 0.357. The third-order valence-corrected chi connectivity index (χ3v) is 8.06. The number of aliphatic hydroxyl groups excluding tert-OH is 2. The van der Waals surface area contributed by atoms with Crippen LogP contribution >= 0.6 is 0 Å². The lowest BCUT2D eigenvalue weighted by Gasteiger charge is -2.51. The first-order valence-electron chi connectivity index (χ1n) is 12.0. The van der Waals surface area contributed by atoms with Gasteiger partial charge in [0.15, 0.2) is 5.78 Å². The molecule has 2 aromatic rings. The van der Waals surface area contributed by atoms with Gasteiger partial charge >= 0.3 is 0 Å².